The Hall–Kier alpha value is -1.40. The van der Waals surface area contributed by atoms with Crippen molar-refractivity contribution in [1.29, 1.82) is 0 Å². The minimum Gasteiger partial charge on any atom is -0.337 e. The van der Waals surface area contributed by atoms with Crippen LogP contribution in [0.5, 0.6) is 0 Å². The lowest BCUT2D eigenvalue weighted by molar-refractivity contribution is 0.248. The number of carbonyl (C=O) groups excluding carboxylic acids is 1. The Morgan fingerprint density at radius 1 is 1.47 bits per heavy atom. The van der Waals surface area contributed by atoms with E-state index in [2.05, 4.69) is 15.3 Å². The van der Waals surface area contributed by atoms with E-state index in [1.54, 1.807) is 17.5 Å². The molecule has 0 unspecified atom stereocenters. The monoisotopic (exact) mass is 239 g/mol. The number of nitrogens with one attached hydrogen (secondary N) is 2. The van der Waals surface area contributed by atoms with Crippen molar-refractivity contribution in [3.05, 3.63) is 38.8 Å². The molecule has 0 spiro atoms. The number of aromatic amines is 1. The highest BCUT2D eigenvalue weighted by molar-refractivity contribution is 7.09. The summed E-state index contributed by atoms with van der Waals surface area (Å²) >= 11 is 3.01. The molecule has 0 aliphatic rings. The third-order valence-electron chi connectivity index (χ3n) is 1.65. The molecule has 0 fully saturated rings. The molecule has 15 heavy (non-hydrogen) atoms. The van der Waals surface area contributed by atoms with E-state index in [4.69, 9.17) is 0 Å². The molecule has 2 N–H and O–H groups in total. The van der Waals surface area contributed by atoms with Gasteiger partial charge in [-0.15, -0.1) is 22.7 Å². The quantitative estimate of drug-likeness (QED) is 0.826. The lowest BCUT2D eigenvalue weighted by Crippen LogP contribution is -2.20. The fraction of sp³-hybridized carbons (Fsp3) is 0.111. The fourth-order valence-corrected chi connectivity index (χ4v) is 2.19. The summed E-state index contributed by atoms with van der Waals surface area (Å²) in [5, 5.41) is 6.53. The summed E-state index contributed by atoms with van der Waals surface area (Å²) < 4.78 is 0. The number of thiazole rings is 1. The molecular weight excluding hydrogens is 230 g/mol. The largest absolute Gasteiger partial charge is 0.343 e. The zero-order valence-electron chi connectivity index (χ0n) is 7.77. The van der Waals surface area contributed by atoms with Gasteiger partial charge in [0.25, 0.3) is 0 Å². The first-order chi connectivity index (χ1) is 7.34. The zero-order chi connectivity index (χ0) is 10.5. The standard InChI is InChI=1S/C9H9N3OS2/c13-8(12-9-10-3-5-15-9)11-6-7-2-1-4-14-7/h1-5H,6H2,(H2,10,11,12,13). The number of aromatic nitrogens is 1. The highest BCUT2D eigenvalue weighted by Gasteiger charge is 1.98. The van der Waals surface area contributed by atoms with Crippen molar-refractivity contribution >= 4 is 28.7 Å². The first-order valence-electron chi connectivity index (χ1n) is 4.32. The van der Waals surface area contributed by atoms with Crippen LogP contribution in [0.3, 0.4) is 0 Å². The second-order valence-electron chi connectivity index (χ2n) is 2.72. The summed E-state index contributed by atoms with van der Waals surface area (Å²) in [6.07, 6.45) is 1.75. The van der Waals surface area contributed by atoms with Crippen molar-refractivity contribution in [1.82, 2.24) is 10.3 Å². The van der Waals surface area contributed by atoms with Crippen LogP contribution in [0.1, 0.15) is 4.88 Å². The van der Waals surface area contributed by atoms with Crippen LogP contribution in [0, 0.1) is 0 Å². The van der Waals surface area contributed by atoms with Gasteiger partial charge in [0.15, 0.2) is 4.80 Å². The molecule has 0 saturated heterocycles. The summed E-state index contributed by atoms with van der Waals surface area (Å²) in [6, 6.07) is 3.61. The Balaban J connectivity index is 1.92. The first kappa shape index (κ1) is 10.1. The second-order valence-corrected chi connectivity index (χ2v) is 4.65. The Morgan fingerprint density at radius 3 is 3.07 bits per heavy atom. The second kappa shape index (κ2) is 4.90. The molecular formula is C9H9N3OS2. The molecule has 2 aromatic heterocycles. The SMILES string of the molecule is O=C(N=c1[nH]ccs1)NCc1cccs1. The molecule has 6 heteroatoms. The summed E-state index contributed by atoms with van der Waals surface area (Å²) in [5.74, 6) is 0. The third kappa shape index (κ3) is 3.03. The number of thiophene rings is 1. The fourth-order valence-electron chi connectivity index (χ4n) is 1.00. The highest BCUT2D eigenvalue weighted by atomic mass is 32.1. The van der Waals surface area contributed by atoms with Crippen LogP contribution in [0.4, 0.5) is 4.79 Å². The highest BCUT2D eigenvalue weighted by Crippen LogP contribution is 2.07. The molecule has 0 bridgehead atoms. The van der Waals surface area contributed by atoms with Gasteiger partial charge in [-0.1, -0.05) is 6.07 Å². The van der Waals surface area contributed by atoms with Crippen molar-refractivity contribution in [3.8, 4) is 0 Å². The zero-order valence-corrected chi connectivity index (χ0v) is 9.40. The van der Waals surface area contributed by atoms with Gasteiger partial charge in [0, 0.05) is 16.5 Å². The van der Waals surface area contributed by atoms with E-state index in [-0.39, 0.29) is 6.03 Å². The van der Waals surface area contributed by atoms with Crippen molar-refractivity contribution in [2.75, 3.05) is 0 Å². The van der Waals surface area contributed by atoms with E-state index in [9.17, 15) is 4.79 Å². The number of nitrogens with zero attached hydrogens (tertiary/aromatic N) is 1. The van der Waals surface area contributed by atoms with Crippen LogP contribution in [0.15, 0.2) is 34.1 Å². The topological polar surface area (TPSA) is 57.2 Å². The van der Waals surface area contributed by atoms with Gasteiger partial charge in [-0.05, 0) is 11.4 Å². The van der Waals surface area contributed by atoms with Crippen LogP contribution in [0.25, 0.3) is 0 Å². The predicted molar refractivity (Wildman–Crippen MR) is 60.8 cm³/mol. The molecule has 2 amide bonds. The molecule has 2 rings (SSSR count). The number of rotatable bonds is 2. The molecule has 0 radical (unpaired) electrons. The number of hydrogen-bond acceptors (Lipinski definition) is 3. The maximum atomic E-state index is 11.3. The van der Waals surface area contributed by atoms with Crippen LogP contribution < -0.4 is 10.1 Å². The van der Waals surface area contributed by atoms with Gasteiger partial charge in [0.05, 0.1) is 6.54 Å². The molecule has 0 saturated carbocycles. The lowest BCUT2D eigenvalue weighted by atomic mass is 10.5. The number of amides is 2. The minimum atomic E-state index is -0.317. The average molecular weight is 239 g/mol. The van der Waals surface area contributed by atoms with Gasteiger partial charge in [-0.2, -0.15) is 4.99 Å². The molecule has 0 atom stereocenters. The van der Waals surface area contributed by atoms with Crippen molar-refractivity contribution in [3.63, 3.8) is 0 Å². The van der Waals surface area contributed by atoms with Gasteiger partial charge in [-0.25, -0.2) is 4.79 Å². The lowest BCUT2D eigenvalue weighted by Gasteiger charge is -1.96. The van der Waals surface area contributed by atoms with Gasteiger partial charge >= 0.3 is 6.03 Å². The molecule has 0 aliphatic heterocycles. The summed E-state index contributed by atoms with van der Waals surface area (Å²) in [7, 11) is 0. The summed E-state index contributed by atoms with van der Waals surface area (Å²) in [5.41, 5.74) is 0. The number of urea groups is 1. The molecule has 0 aliphatic carbocycles. The van der Waals surface area contributed by atoms with Crippen molar-refractivity contribution < 1.29 is 4.79 Å². The van der Waals surface area contributed by atoms with Crippen LogP contribution in [0.2, 0.25) is 0 Å². The average Bonchev–Trinajstić information content (AvgIpc) is 2.86. The number of H-pyrrole nitrogens is 1. The Bertz CT molecular complexity index is 467. The maximum absolute atomic E-state index is 11.3. The summed E-state index contributed by atoms with van der Waals surface area (Å²) in [4.78, 5) is 19.7. The van der Waals surface area contributed by atoms with E-state index in [1.165, 1.54) is 11.3 Å². The minimum absolute atomic E-state index is 0.317. The summed E-state index contributed by atoms with van der Waals surface area (Å²) in [6.45, 7) is 0.533. The van der Waals surface area contributed by atoms with Gasteiger partial charge in [0.2, 0.25) is 0 Å². The van der Waals surface area contributed by atoms with E-state index in [0.29, 0.717) is 11.3 Å². The van der Waals surface area contributed by atoms with E-state index >= 15 is 0 Å². The van der Waals surface area contributed by atoms with E-state index in [0.717, 1.165) is 4.88 Å². The molecule has 78 valence electrons. The van der Waals surface area contributed by atoms with Gasteiger partial charge in [0.1, 0.15) is 0 Å². The number of hydrogen-bond donors (Lipinski definition) is 2. The van der Waals surface area contributed by atoms with Crippen LogP contribution in [-0.4, -0.2) is 11.0 Å². The molecule has 0 aromatic carbocycles. The van der Waals surface area contributed by atoms with Crippen molar-refractivity contribution in [2.45, 2.75) is 6.54 Å². The number of carbonyl (C=O) groups is 1. The smallest absolute Gasteiger partial charge is 0.337 e. The normalized spacial score (nSPS) is 11.6. The van der Waals surface area contributed by atoms with Crippen molar-refractivity contribution in [2.24, 2.45) is 4.99 Å². The third-order valence-corrected chi connectivity index (χ3v) is 3.23. The van der Waals surface area contributed by atoms with Gasteiger partial charge < -0.3 is 10.3 Å². The molecule has 4 nitrogen and oxygen atoms in total. The van der Waals surface area contributed by atoms with Gasteiger partial charge in [-0.3, -0.25) is 0 Å². The van der Waals surface area contributed by atoms with E-state index in [1.807, 2.05) is 22.9 Å². The van der Waals surface area contributed by atoms with Crippen LogP contribution in [-0.2, 0) is 6.54 Å². The Morgan fingerprint density at radius 2 is 2.40 bits per heavy atom. The van der Waals surface area contributed by atoms with Crippen LogP contribution >= 0.6 is 22.7 Å². The first-order valence-corrected chi connectivity index (χ1v) is 6.07. The molecule has 2 heterocycles. The Kier molecular flexibility index (Phi) is 3.31. The Labute approximate surface area is 94.3 Å². The van der Waals surface area contributed by atoms with E-state index < -0.39 is 0 Å². The molecule has 2 aromatic rings. The predicted octanol–water partition coefficient (Wildman–Crippen LogP) is 1.95. The maximum Gasteiger partial charge on any atom is 0.343 e.